The maximum Gasteiger partial charge on any atom is 0.166 e. The van der Waals surface area contributed by atoms with Crippen molar-refractivity contribution in [2.45, 2.75) is 46.1 Å². The SMILES string of the molecule is CCc1nn(C(C)C)c2c1C(=O)CC2. The van der Waals surface area contributed by atoms with Crippen LogP contribution >= 0.6 is 0 Å². The second-order valence-electron chi connectivity index (χ2n) is 4.08. The molecule has 1 heterocycles. The van der Waals surface area contributed by atoms with Crippen molar-refractivity contribution in [2.24, 2.45) is 0 Å². The van der Waals surface area contributed by atoms with Gasteiger partial charge in [0.05, 0.1) is 17.0 Å². The molecule has 76 valence electrons. The Morgan fingerprint density at radius 1 is 1.43 bits per heavy atom. The largest absolute Gasteiger partial charge is 0.294 e. The standard InChI is InChI=1S/C11H16N2O/c1-4-8-11-9(5-6-10(11)14)13(12-8)7(2)3/h7H,4-6H2,1-3H3. The lowest BCUT2D eigenvalue weighted by Gasteiger charge is -2.08. The van der Waals surface area contributed by atoms with Gasteiger partial charge in [-0.2, -0.15) is 5.10 Å². The van der Waals surface area contributed by atoms with Crippen LogP contribution in [0.1, 0.15) is 55.0 Å². The molecule has 1 aromatic rings. The number of rotatable bonds is 2. The van der Waals surface area contributed by atoms with Gasteiger partial charge in [0.2, 0.25) is 0 Å². The van der Waals surface area contributed by atoms with Gasteiger partial charge in [-0.3, -0.25) is 9.48 Å². The summed E-state index contributed by atoms with van der Waals surface area (Å²) in [6, 6.07) is 0.356. The van der Waals surface area contributed by atoms with Gasteiger partial charge < -0.3 is 0 Å². The minimum absolute atomic E-state index is 0.281. The molecular formula is C11H16N2O. The number of fused-ring (bicyclic) bond motifs is 1. The topological polar surface area (TPSA) is 34.9 Å². The molecular weight excluding hydrogens is 176 g/mol. The Kier molecular flexibility index (Phi) is 2.17. The maximum atomic E-state index is 11.6. The highest BCUT2D eigenvalue weighted by atomic mass is 16.1. The van der Waals surface area contributed by atoms with Crippen molar-refractivity contribution in [3.63, 3.8) is 0 Å². The molecule has 0 spiro atoms. The lowest BCUT2D eigenvalue weighted by Crippen LogP contribution is -2.06. The number of carbonyl (C=O) groups is 1. The molecule has 0 amide bonds. The Bertz CT molecular complexity index is 377. The Balaban J connectivity index is 2.57. The average molecular weight is 192 g/mol. The average Bonchev–Trinajstić information content (AvgIpc) is 2.66. The summed E-state index contributed by atoms with van der Waals surface area (Å²) in [5.41, 5.74) is 3.05. The Morgan fingerprint density at radius 2 is 2.14 bits per heavy atom. The van der Waals surface area contributed by atoms with Crippen molar-refractivity contribution in [1.29, 1.82) is 0 Å². The number of hydrogen-bond acceptors (Lipinski definition) is 2. The minimum atomic E-state index is 0.281. The first-order valence-corrected chi connectivity index (χ1v) is 5.28. The second kappa shape index (κ2) is 3.23. The van der Waals surface area contributed by atoms with Gasteiger partial charge in [-0.15, -0.1) is 0 Å². The van der Waals surface area contributed by atoms with Gasteiger partial charge in [-0.1, -0.05) is 6.92 Å². The fourth-order valence-electron chi connectivity index (χ4n) is 2.11. The zero-order valence-corrected chi connectivity index (χ0v) is 9.00. The van der Waals surface area contributed by atoms with Gasteiger partial charge in [0.25, 0.3) is 0 Å². The van der Waals surface area contributed by atoms with Crippen LogP contribution in [0.3, 0.4) is 0 Å². The third kappa shape index (κ3) is 1.19. The van der Waals surface area contributed by atoms with Crippen LogP contribution < -0.4 is 0 Å². The highest BCUT2D eigenvalue weighted by Crippen LogP contribution is 2.27. The van der Waals surface area contributed by atoms with Gasteiger partial charge in [-0.05, 0) is 26.7 Å². The van der Waals surface area contributed by atoms with Crippen molar-refractivity contribution >= 4 is 5.78 Å². The predicted molar refractivity (Wildman–Crippen MR) is 54.6 cm³/mol. The summed E-state index contributed by atoms with van der Waals surface area (Å²) >= 11 is 0. The molecule has 0 N–H and O–H groups in total. The van der Waals surface area contributed by atoms with Gasteiger partial charge in [0.15, 0.2) is 5.78 Å². The molecule has 2 rings (SSSR count). The van der Waals surface area contributed by atoms with E-state index < -0.39 is 0 Å². The number of aromatic nitrogens is 2. The number of hydrogen-bond donors (Lipinski definition) is 0. The summed E-state index contributed by atoms with van der Waals surface area (Å²) in [6.45, 7) is 6.27. The molecule has 0 atom stereocenters. The molecule has 0 unspecified atom stereocenters. The highest BCUT2D eigenvalue weighted by molar-refractivity contribution is 6.01. The van der Waals surface area contributed by atoms with Gasteiger partial charge >= 0.3 is 0 Å². The first-order valence-electron chi connectivity index (χ1n) is 5.28. The maximum absolute atomic E-state index is 11.6. The fourth-order valence-corrected chi connectivity index (χ4v) is 2.11. The molecule has 3 nitrogen and oxygen atoms in total. The van der Waals surface area contributed by atoms with Crippen LogP contribution in [-0.2, 0) is 12.8 Å². The Morgan fingerprint density at radius 3 is 2.71 bits per heavy atom. The van der Waals surface area contributed by atoms with Crippen LogP contribution in [0.15, 0.2) is 0 Å². The van der Waals surface area contributed by atoms with E-state index in [1.165, 1.54) is 0 Å². The predicted octanol–water partition coefficient (Wildman–Crippen LogP) is 2.16. The van der Waals surface area contributed by atoms with E-state index in [-0.39, 0.29) is 5.78 Å². The zero-order valence-electron chi connectivity index (χ0n) is 9.00. The molecule has 14 heavy (non-hydrogen) atoms. The zero-order chi connectivity index (χ0) is 10.3. The molecule has 1 aliphatic rings. The molecule has 1 aliphatic carbocycles. The van der Waals surface area contributed by atoms with Gasteiger partial charge in [-0.25, -0.2) is 0 Å². The summed E-state index contributed by atoms with van der Waals surface area (Å²) in [7, 11) is 0. The molecule has 0 aromatic carbocycles. The molecule has 1 aromatic heterocycles. The summed E-state index contributed by atoms with van der Waals surface area (Å²) in [4.78, 5) is 11.6. The van der Waals surface area contributed by atoms with E-state index in [4.69, 9.17) is 0 Å². The van der Waals surface area contributed by atoms with Crippen LogP contribution in [0.25, 0.3) is 0 Å². The molecule has 0 saturated carbocycles. The monoisotopic (exact) mass is 192 g/mol. The van der Waals surface area contributed by atoms with Crippen LogP contribution in [-0.4, -0.2) is 15.6 Å². The summed E-state index contributed by atoms with van der Waals surface area (Å²) < 4.78 is 2.01. The Labute approximate surface area is 84.1 Å². The van der Waals surface area contributed by atoms with Crippen molar-refractivity contribution in [1.82, 2.24) is 9.78 Å². The van der Waals surface area contributed by atoms with Gasteiger partial charge in [0.1, 0.15) is 0 Å². The highest BCUT2D eigenvalue weighted by Gasteiger charge is 2.28. The number of nitrogens with zero attached hydrogens (tertiary/aromatic N) is 2. The van der Waals surface area contributed by atoms with Gasteiger partial charge in [0, 0.05) is 12.5 Å². The summed E-state index contributed by atoms with van der Waals surface area (Å²) in [5.74, 6) is 0.281. The number of ketones is 1. The second-order valence-corrected chi connectivity index (χ2v) is 4.08. The van der Waals surface area contributed by atoms with Crippen molar-refractivity contribution in [2.75, 3.05) is 0 Å². The lowest BCUT2D eigenvalue weighted by molar-refractivity contribution is 0.0993. The Hall–Kier alpha value is -1.12. The summed E-state index contributed by atoms with van der Waals surface area (Å²) in [5, 5.41) is 4.50. The van der Waals surface area contributed by atoms with Crippen LogP contribution in [0.2, 0.25) is 0 Å². The van der Waals surface area contributed by atoms with E-state index in [0.717, 1.165) is 29.8 Å². The summed E-state index contributed by atoms with van der Waals surface area (Å²) in [6.07, 6.45) is 2.40. The first kappa shape index (κ1) is 9.44. The third-order valence-corrected chi connectivity index (χ3v) is 2.77. The molecule has 0 bridgehead atoms. The molecule has 0 fully saturated rings. The lowest BCUT2D eigenvalue weighted by atomic mass is 10.1. The van der Waals surface area contributed by atoms with E-state index in [1.54, 1.807) is 0 Å². The quantitative estimate of drug-likeness (QED) is 0.719. The van der Waals surface area contributed by atoms with E-state index in [9.17, 15) is 4.79 Å². The van der Waals surface area contributed by atoms with Crippen LogP contribution in [0, 0.1) is 0 Å². The van der Waals surface area contributed by atoms with E-state index >= 15 is 0 Å². The van der Waals surface area contributed by atoms with E-state index in [1.807, 2.05) is 4.68 Å². The normalized spacial score (nSPS) is 15.3. The first-order chi connectivity index (χ1) is 6.65. The van der Waals surface area contributed by atoms with Crippen LogP contribution in [0.5, 0.6) is 0 Å². The molecule has 0 radical (unpaired) electrons. The molecule has 0 aliphatic heterocycles. The number of aryl methyl sites for hydroxylation is 1. The van der Waals surface area contributed by atoms with Crippen molar-refractivity contribution in [3.8, 4) is 0 Å². The smallest absolute Gasteiger partial charge is 0.166 e. The van der Waals surface area contributed by atoms with Crippen LogP contribution in [0.4, 0.5) is 0 Å². The van der Waals surface area contributed by atoms with Crippen molar-refractivity contribution < 1.29 is 4.79 Å². The van der Waals surface area contributed by atoms with E-state index in [0.29, 0.717) is 12.5 Å². The minimum Gasteiger partial charge on any atom is -0.294 e. The number of carbonyl (C=O) groups excluding carboxylic acids is 1. The third-order valence-electron chi connectivity index (χ3n) is 2.77. The molecule has 0 saturated heterocycles. The van der Waals surface area contributed by atoms with E-state index in [2.05, 4.69) is 25.9 Å². The van der Waals surface area contributed by atoms with Crippen molar-refractivity contribution in [3.05, 3.63) is 17.0 Å². The molecule has 3 heteroatoms. The fraction of sp³-hybridized carbons (Fsp3) is 0.636. The number of Topliss-reactive ketones (excluding diaryl/α,β-unsaturated/α-hetero) is 1.